The van der Waals surface area contributed by atoms with Crippen LogP contribution in [0.5, 0.6) is 5.75 Å². The number of nitrogen functional groups attached to an aromatic ring is 1. The van der Waals surface area contributed by atoms with Gasteiger partial charge in [0, 0.05) is 0 Å². The predicted molar refractivity (Wildman–Crippen MR) is 72.4 cm³/mol. The molecule has 0 unspecified atom stereocenters. The van der Waals surface area contributed by atoms with Crippen molar-refractivity contribution >= 4 is 11.8 Å². The topological polar surface area (TPSA) is 92.3 Å². The van der Waals surface area contributed by atoms with Gasteiger partial charge in [0.25, 0.3) is 0 Å². The summed E-state index contributed by atoms with van der Waals surface area (Å²) in [7, 11) is 1.27. The monoisotopic (exact) mass is 276 g/mol. The molecule has 7 heteroatoms. The van der Waals surface area contributed by atoms with Gasteiger partial charge in [0.2, 0.25) is 5.69 Å². The number of benzene rings is 1. The van der Waals surface area contributed by atoms with Gasteiger partial charge in [-0.2, -0.15) is 0 Å². The van der Waals surface area contributed by atoms with Crippen LogP contribution < -0.4 is 10.5 Å². The van der Waals surface area contributed by atoms with Crippen molar-refractivity contribution in [2.24, 2.45) is 0 Å². The first-order valence-corrected chi connectivity index (χ1v) is 6.08. The van der Waals surface area contributed by atoms with Gasteiger partial charge in [-0.05, 0) is 24.6 Å². The summed E-state index contributed by atoms with van der Waals surface area (Å²) < 4.78 is 11.5. The number of hydrogen-bond donors (Lipinski definition) is 1. The Labute approximate surface area is 116 Å². The van der Waals surface area contributed by atoms with E-state index in [9.17, 15) is 4.79 Å². The number of aryl methyl sites for hydroxylation is 1. The summed E-state index contributed by atoms with van der Waals surface area (Å²) in [6.07, 6.45) is 0. The van der Waals surface area contributed by atoms with Crippen molar-refractivity contribution in [2.75, 3.05) is 19.5 Å². The number of aromatic nitrogens is 3. The van der Waals surface area contributed by atoms with Crippen LogP contribution in [-0.4, -0.2) is 34.7 Å². The molecule has 1 heterocycles. The van der Waals surface area contributed by atoms with Crippen LogP contribution in [0.15, 0.2) is 24.3 Å². The molecule has 0 saturated carbocycles. The largest absolute Gasteiger partial charge is 0.492 e. The van der Waals surface area contributed by atoms with Crippen molar-refractivity contribution in [2.45, 2.75) is 13.5 Å². The molecule has 0 atom stereocenters. The fourth-order valence-electron chi connectivity index (χ4n) is 1.68. The normalized spacial score (nSPS) is 10.3. The Balaban J connectivity index is 1.95. The number of carbonyl (C=O) groups excluding carboxylic acids is 1. The molecular formula is C13H16N4O3. The first-order valence-electron chi connectivity index (χ1n) is 6.08. The van der Waals surface area contributed by atoms with Crippen molar-refractivity contribution in [1.29, 1.82) is 0 Å². The average Bonchev–Trinajstić information content (AvgIpc) is 2.80. The minimum atomic E-state index is -0.603. The lowest BCUT2D eigenvalue weighted by Crippen LogP contribution is -2.13. The lowest BCUT2D eigenvalue weighted by Gasteiger charge is -2.07. The van der Waals surface area contributed by atoms with Crippen molar-refractivity contribution in [3.63, 3.8) is 0 Å². The molecule has 1 aromatic heterocycles. The molecule has 0 aliphatic heterocycles. The summed E-state index contributed by atoms with van der Waals surface area (Å²) in [5, 5.41) is 7.48. The minimum absolute atomic E-state index is 0.0167. The van der Waals surface area contributed by atoms with E-state index in [1.54, 1.807) is 0 Å². The molecule has 0 amide bonds. The van der Waals surface area contributed by atoms with Gasteiger partial charge in [0.05, 0.1) is 13.7 Å². The zero-order chi connectivity index (χ0) is 14.5. The third-order valence-corrected chi connectivity index (χ3v) is 2.71. The summed E-state index contributed by atoms with van der Waals surface area (Å²) in [5.41, 5.74) is 6.90. The maximum atomic E-state index is 11.3. The highest BCUT2D eigenvalue weighted by Gasteiger charge is 2.17. The summed E-state index contributed by atoms with van der Waals surface area (Å²) in [6.45, 7) is 2.76. The van der Waals surface area contributed by atoms with Gasteiger partial charge in [0.1, 0.15) is 12.4 Å². The Kier molecular flexibility index (Phi) is 4.19. The molecular weight excluding hydrogens is 260 g/mol. The number of ether oxygens (including phenoxy) is 2. The molecule has 0 spiro atoms. The molecule has 0 aliphatic rings. The van der Waals surface area contributed by atoms with Crippen LogP contribution >= 0.6 is 0 Å². The standard InChI is InChI=1S/C13H16N4O3/c1-9-4-3-5-10(8-9)20-7-6-17-12(14)11(15-16-17)13(18)19-2/h3-5,8H,6-7,14H2,1-2H3. The van der Waals surface area contributed by atoms with Crippen LogP contribution in [0.1, 0.15) is 16.1 Å². The third-order valence-electron chi connectivity index (χ3n) is 2.71. The molecule has 0 fully saturated rings. The second kappa shape index (κ2) is 6.05. The molecule has 0 saturated heterocycles. The number of hydrogen-bond acceptors (Lipinski definition) is 6. The van der Waals surface area contributed by atoms with E-state index >= 15 is 0 Å². The van der Waals surface area contributed by atoms with Crippen LogP contribution in [-0.2, 0) is 11.3 Å². The molecule has 1 aromatic carbocycles. The Morgan fingerprint density at radius 2 is 2.25 bits per heavy atom. The molecule has 20 heavy (non-hydrogen) atoms. The molecule has 2 N–H and O–H groups in total. The first-order chi connectivity index (χ1) is 9.61. The summed E-state index contributed by atoms with van der Waals surface area (Å²) in [4.78, 5) is 11.3. The van der Waals surface area contributed by atoms with Crippen LogP contribution in [0.4, 0.5) is 5.82 Å². The zero-order valence-electron chi connectivity index (χ0n) is 11.4. The van der Waals surface area contributed by atoms with E-state index in [1.807, 2.05) is 31.2 Å². The van der Waals surface area contributed by atoms with Gasteiger partial charge in [-0.1, -0.05) is 17.3 Å². The summed E-state index contributed by atoms with van der Waals surface area (Å²) in [5.74, 6) is 0.343. The molecule has 0 bridgehead atoms. The van der Waals surface area contributed by atoms with Crippen molar-refractivity contribution < 1.29 is 14.3 Å². The van der Waals surface area contributed by atoms with Gasteiger partial charge in [0.15, 0.2) is 5.82 Å². The second-order valence-electron chi connectivity index (χ2n) is 4.20. The van der Waals surface area contributed by atoms with E-state index in [4.69, 9.17) is 10.5 Å². The smallest absolute Gasteiger partial charge is 0.362 e. The Bertz CT molecular complexity index is 609. The lowest BCUT2D eigenvalue weighted by atomic mass is 10.2. The third kappa shape index (κ3) is 3.05. The SMILES string of the molecule is COC(=O)c1nnn(CCOc2cccc(C)c2)c1N. The van der Waals surface area contributed by atoms with Gasteiger partial charge in [-0.25, -0.2) is 9.48 Å². The lowest BCUT2D eigenvalue weighted by molar-refractivity contribution is 0.0595. The second-order valence-corrected chi connectivity index (χ2v) is 4.20. The molecule has 7 nitrogen and oxygen atoms in total. The minimum Gasteiger partial charge on any atom is -0.492 e. The highest BCUT2D eigenvalue weighted by Crippen LogP contribution is 2.13. The molecule has 2 aromatic rings. The highest BCUT2D eigenvalue weighted by atomic mass is 16.5. The summed E-state index contributed by atoms with van der Waals surface area (Å²) in [6, 6.07) is 7.72. The number of nitrogens with zero attached hydrogens (tertiary/aromatic N) is 3. The van der Waals surface area contributed by atoms with Gasteiger partial charge >= 0.3 is 5.97 Å². The quantitative estimate of drug-likeness (QED) is 0.820. The van der Waals surface area contributed by atoms with Gasteiger partial charge in [-0.15, -0.1) is 5.10 Å². The fraction of sp³-hybridized carbons (Fsp3) is 0.308. The van der Waals surface area contributed by atoms with E-state index in [0.717, 1.165) is 11.3 Å². The van der Waals surface area contributed by atoms with E-state index in [-0.39, 0.29) is 11.5 Å². The zero-order valence-corrected chi connectivity index (χ0v) is 11.4. The summed E-state index contributed by atoms with van der Waals surface area (Å²) >= 11 is 0. The first kappa shape index (κ1) is 13.9. The molecule has 106 valence electrons. The predicted octanol–water partition coefficient (Wildman–Crippen LogP) is 1.03. The maximum absolute atomic E-state index is 11.3. The van der Waals surface area contributed by atoms with Gasteiger partial charge < -0.3 is 15.2 Å². The fourth-order valence-corrected chi connectivity index (χ4v) is 1.68. The van der Waals surface area contributed by atoms with Gasteiger partial charge in [-0.3, -0.25) is 0 Å². The number of methoxy groups -OCH3 is 1. The number of rotatable bonds is 5. The Morgan fingerprint density at radius 1 is 1.45 bits per heavy atom. The molecule has 2 rings (SSSR count). The van der Waals surface area contributed by atoms with Crippen LogP contribution in [0.2, 0.25) is 0 Å². The van der Waals surface area contributed by atoms with E-state index in [2.05, 4.69) is 15.0 Å². The number of nitrogens with two attached hydrogens (primary N) is 1. The number of anilines is 1. The van der Waals surface area contributed by atoms with Crippen LogP contribution in [0, 0.1) is 6.92 Å². The van der Waals surface area contributed by atoms with Crippen LogP contribution in [0.25, 0.3) is 0 Å². The highest BCUT2D eigenvalue weighted by molar-refractivity contribution is 5.91. The van der Waals surface area contributed by atoms with Crippen molar-refractivity contribution in [3.05, 3.63) is 35.5 Å². The van der Waals surface area contributed by atoms with Crippen molar-refractivity contribution in [1.82, 2.24) is 15.0 Å². The van der Waals surface area contributed by atoms with E-state index in [0.29, 0.717) is 13.2 Å². The maximum Gasteiger partial charge on any atom is 0.362 e. The average molecular weight is 276 g/mol. The Hall–Kier alpha value is -2.57. The van der Waals surface area contributed by atoms with E-state index < -0.39 is 5.97 Å². The van der Waals surface area contributed by atoms with Crippen LogP contribution in [0.3, 0.4) is 0 Å². The number of esters is 1. The number of carbonyl (C=O) groups is 1. The molecule has 0 aliphatic carbocycles. The molecule has 0 radical (unpaired) electrons. The Morgan fingerprint density at radius 3 is 2.95 bits per heavy atom. The van der Waals surface area contributed by atoms with E-state index in [1.165, 1.54) is 11.8 Å². The van der Waals surface area contributed by atoms with Crippen molar-refractivity contribution in [3.8, 4) is 5.75 Å².